The van der Waals surface area contributed by atoms with Crippen LogP contribution in [-0.2, 0) is 6.42 Å². The molecule has 2 aromatic rings. The van der Waals surface area contributed by atoms with Crippen LogP contribution in [0.3, 0.4) is 0 Å². The number of benzene rings is 1. The molecule has 1 aromatic carbocycles. The van der Waals surface area contributed by atoms with E-state index in [4.69, 9.17) is 0 Å². The van der Waals surface area contributed by atoms with Gasteiger partial charge in [0.2, 0.25) is 11.0 Å². The van der Waals surface area contributed by atoms with Crippen molar-refractivity contribution in [3.63, 3.8) is 0 Å². The zero-order valence-electron chi connectivity index (χ0n) is 8.06. The average molecular weight is 192 g/mol. The number of nitrogens with zero attached hydrogens (tertiary/aromatic N) is 2. The molecule has 74 valence electrons. The summed E-state index contributed by atoms with van der Waals surface area (Å²) < 4.78 is 4.49. The molecule has 0 aliphatic heterocycles. The van der Waals surface area contributed by atoms with Crippen molar-refractivity contribution in [3.05, 3.63) is 29.0 Å². The number of unbranched alkanes of at least 4 members (excludes halogenated alkanes) is 1. The molecule has 0 fully saturated rings. The van der Waals surface area contributed by atoms with E-state index in [9.17, 15) is 5.21 Å². The highest BCUT2D eigenvalue weighted by Crippen LogP contribution is 2.12. The summed E-state index contributed by atoms with van der Waals surface area (Å²) in [5, 5.41) is 14.7. The van der Waals surface area contributed by atoms with Gasteiger partial charge >= 0.3 is 0 Å². The molecule has 0 N–H and O–H groups in total. The fourth-order valence-corrected chi connectivity index (χ4v) is 1.46. The quantitative estimate of drug-likeness (QED) is 0.697. The zero-order chi connectivity index (χ0) is 9.97. The van der Waals surface area contributed by atoms with Crippen molar-refractivity contribution in [1.82, 2.24) is 5.16 Å². The van der Waals surface area contributed by atoms with Crippen molar-refractivity contribution in [2.24, 2.45) is 0 Å². The van der Waals surface area contributed by atoms with Gasteiger partial charge < -0.3 is 5.21 Å². The highest BCUT2D eigenvalue weighted by Gasteiger charge is 2.08. The van der Waals surface area contributed by atoms with Crippen LogP contribution in [0.25, 0.3) is 11.0 Å². The summed E-state index contributed by atoms with van der Waals surface area (Å²) in [7, 11) is 0. The first kappa shape index (κ1) is 8.99. The number of hydrogen-bond acceptors (Lipinski definition) is 3. The Balaban J connectivity index is 2.32. The van der Waals surface area contributed by atoms with Gasteiger partial charge in [-0.3, -0.25) is 4.63 Å². The molecule has 1 aromatic heterocycles. The van der Waals surface area contributed by atoms with E-state index in [1.807, 2.05) is 12.1 Å². The van der Waals surface area contributed by atoms with Crippen LogP contribution in [0.1, 0.15) is 25.3 Å². The fraction of sp³-hybridized carbons (Fsp3) is 0.400. The van der Waals surface area contributed by atoms with Crippen LogP contribution < -0.4 is 4.90 Å². The molecule has 2 rings (SSSR count). The van der Waals surface area contributed by atoms with Crippen molar-refractivity contribution in [2.75, 3.05) is 0 Å². The molecule has 0 radical (unpaired) electrons. The monoisotopic (exact) mass is 192 g/mol. The van der Waals surface area contributed by atoms with Gasteiger partial charge in [0, 0.05) is 5.16 Å². The molecule has 0 aliphatic rings. The van der Waals surface area contributed by atoms with Gasteiger partial charge in [-0.2, -0.15) is 0 Å². The van der Waals surface area contributed by atoms with Gasteiger partial charge in [0.15, 0.2) is 0 Å². The van der Waals surface area contributed by atoms with E-state index in [0.717, 1.165) is 12.8 Å². The smallest absolute Gasteiger partial charge is 0.248 e. The minimum absolute atomic E-state index is 0.429. The number of aryl methyl sites for hydroxylation is 1. The second kappa shape index (κ2) is 3.65. The van der Waals surface area contributed by atoms with E-state index in [-0.39, 0.29) is 0 Å². The van der Waals surface area contributed by atoms with Crippen LogP contribution in [-0.4, -0.2) is 5.16 Å². The SMILES string of the molecule is CCCCc1ccc2c(c1)no[n+]2[O-]. The van der Waals surface area contributed by atoms with Crippen LogP contribution in [0.5, 0.6) is 0 Å². The number of fused-ring (bicyclic) bond motifs is 1. The molecule has 1 heterocycles. The lowest BCUT2D eigenvalue weighted by molar-refractivity contribution is -0.782. The molecule has 0 aliphatic carbocycles. The Morgan fingerprint density at radius 3 is 3.14 bits per heavy atom. The second-order valence-electron chi connectivity index (χ2n) is 3.36. The third-order valence-electron chi connectivity index (χ3n) is 2.27. The Bertz CT molecular complexity index is 437. The molecule has 4 nitrogen and oxygen atoms in total. The van der Waals surface area contributed by atoms with Gasteiger partial charge in [0.05, 0.1) is 0 Å². The van der Waals surface area contributed by atoms with Crippen molar-refractivity contribution in [1.29, 1.82) is 0 Å². The van der Waals surface area contributed by atoms with Gasteiger partial charge in [-0.15, -0.1) is 0 Å². The van der Waals surface area contributed by atoms with E-state index in [1.54, 1.807) is 6.07 Å². The Morgan fingerprint density at radius 2 is 2.36 bits per heavy atom. The largest absolute Gasteiger partial charge is 0.359 e. The summed E-state index contributed by atoms with van der Waals surface area (Å²) >= 11 is 0. The van der Waals surface area contributed by atoms with Crippen LogP contribution in [0.2, 0.25) is 0 Å². The highest BCUT2D eigenvalue weighted by atomic mass is 16.8. The third-order valence-corrected chi connectivity index (χ3v) is 2.27. The molecular weight excluding hydrogens is 180 g/mol. The van der Waals surface area contributed by atoms with Crippen molar-refractivity contribution in [3.8, 4) is 0 Å². The molecule has 0 saturated carbocycles. The van der Waals surface area contributed by atoms with Crippen molar-refractivity contribution < 1.29 is 9.53 Å². The summed E-state index contributed by atoms with van der Waals surface area (Å²) in [5.74, 6) is 0. The Labute approximate surface area is 81.7 Å². The molecule has 0 spiro atoms. The van der Waals surface area contributed by atoms with Crippen LogP contribution in [0.4, 0.5) is 0 Å². The molecule has 0 saturated heterocycles. The predicted octanol–water partition coefficient (Wildman–Crippen LogP) is 1.80. The van der Waals surface area contributed by atoms with Gasteiger partial charge in [-0.1, -0.05) is 19.4 Å². The van der Waals surface area contributed by atoms with Crippen molar-refractivity contribution >= 4 is 11.0 Å². The Hall–Kier alpha value is -1.58. The number of aromatic nitrogens is 2. The third kappa shape index (κ3) is 1.55. The molecule has 4 heteroatoms. The summed E-state index contributed by atoms with van der Waals surface area (Å²) in [6.07, 6.45) is 3.34. The first-order chi connectivity index (χ1) is 6.81. The minimum atomic E-state index is 0.429. The maximum absolute atomic E-state index is 11.0. The Morgan fingerprint density at radius 1 is 1.50 bits per heavy atom. The lowest BCUT2D eigenvalue weighted by Gasteiger charge is -1.96. The summed E-state index contributed by atoms with van der Waals surface area (Å²) in [6.45, 7) is 2.15. The van der Waals surface area contributed by atoms with E-state index in [0.29, 0.717) is 15.9 Å². The first-order valence-corrected chi connectivity index (χ1v) is 4.79. The summed E-state index contributed by atoms with van der Waals surface area (Å²) in [4.78, 5) is 0.429. The second-order valence-corrected chi connectivity index (χ2v) is 3.36. The first-order valence-electron chi connectivity index (χ1n) is 4.79. The van der Waals surface area contributed by atoms with Gasteiger partial charge in [-0.05, 0) is 35.4 Å². The predicted molar refractivity (Wildman–Crippen MR) is 51.6 cm³/mol. The Kier molecular flexibility index (Phi) is 2.35. The van der Waals surface area contributed by atoms with E-state index in [1.165, 1.54) is 12.0 Å². The van der Waals surface area contributed by atoms with E-state index >= 15 is 0 Å². The fourth-order valence-electron chi connectivity index (χ4n) is 1.46. The molecule has 0 unspecified atom stereocenters. The van der Waals surface area contributed by atoms with E-state index in [2.05, 4.69) is 16.7 Å². The van der Waals surface area contributed by atoms with Gasteiger partial charge in [-0.25, -0.2) is 0 Å². The maximum Gasteiger partial charge on any atom is 0.248 e. The molecular formula is C10H12N2O2. The van der Waals surface area contributed by atoms with Gasteiger partial charge in [0.1, 0.15) is 0 Å². The van der Waals surface area contributed by atoms with Crippen LogP contribution >= 0.6 is 0 Å². The lowest BCUT2D eigenvalue weighted by Crippen LogP contribution is -2.22. The molecule has 0 amide bonds. The van der Waals surface area contributed by atoms with E-state index < -0.39 is 0 Å². The van der Waals surface area contributed by atoms with Crippen LogP contribution in [0.15, 0.2) is 22.8 Å². The lowest BCUT2D eigenvalue weighted by atomic mass is 10.1. The summed E-state index contributed by atoms with van der Waals surface area (Å²) in [5.41, 5.74) is 2.33. The minimum Gasteiger partial charge on any atom is -0.359 e. The number of hydrogen-bond donors (Lipinski definition) is 0. The van der Waals surface area contributed by atoms with Crippen LogP contribution in [0, 0.1) is 5.21 Å². The zero-order valence-corrected chi connectivity index (χ0v) is 8.06. The number of rotatable bonds is 3. The highest BCUT2D eigenvalue weighted by molar-refractivity contribution is 5.70. The molecule has 0 atom stereocenters. The topological polar surface area (TPSA) is 53.0 Å². The van der Waals surface area contributed by atoms with Crippen molar-refractivity contribution in [2.45, 2.75) is 26.2 Å². The molecule has 14 heavy (non-hydrogen) atoms. The van der Waals surface area contributed by atoms with Gasteiger partial charge in [0.25, 0.3) is 0 Å². The maximum atomic E-state index is 11.0. The standard InChI is InChI=1S/C10H12N2O2/c1-2-3-4-8-5-6-10-9(7-8)11-14-12(10)13/h5-7H,2-4H2,1H3. The normalized spacial score (nSPS) is 10.9. The summed E-state index contributed by atoms with van der Waals surface area (Å²) in [6, 6.07) is 5.61. The average Bonchev–Trinajstić information content (AvgIpc) is 2.57. The molecule has 0 bridgehead atoms.